The number of carbonyl (C=O) groups is 2. The summed E-state index contributed by atoms with van der Waals surface area (Å²) in [5.74, 6) is 0.504. The maximum atomic E-state index is 13.8. The highest BCUT2D eigenvalue weighted by Crippen LogP contribution is 2.68. The van der Waals surface area contributed by atoms with Gasteiger partial charge >= 0.3 is 4.87 Å². The Morgan fingerprint density at radius 1 is 0.946 bits per heavy atom. The molecule has 1 aromatic heterocycles. The van der Waals surface area contributed by atoms with Gasteiger partial charge in [0.1, 0.15) is 0 Å². The first-order valence-corrected chi connectivity index (χ1v) is 14.2. The summed E-state index contributed by atoms with van der Waals surface area (Å²) in [6.07, 6.45) is 0.840. The zero-order valence-electron chi connectivity index (χ0n) is 20.0. The van der Waals surface area contributed by atoms with Gasteiger partial charge in [-0.05, 0) is 66.1 Å². The fourth-order valence-electron chi connectivity index (χ4n) is 7.28. The van der Waals surface area contributed by atoms with Gasteiger partial charge in [0.15, 0.2) is 11.5 Å². The third kappa shape index (κ3) is 3.23. The summed E-state index contributed by atoms with van der Waals surface area (Å²) in [5.41, 5.74) is 1.60. The molecule has 2 aliphatic carbocycles. The summed E-state index contributed by atoms with van der Waals surface area (Å²) >= 11 is 8.97. The molecule has 0 spiro atoms. The number of amides is 2. The summed E-state index contributed by atoms with van der Waals surface area (Å²) in [6, 6.07) is 12.8. The number of aromatic amines is 1. The van der Waals surface area contributed by atoms with Crippen LogP contribution in [-0.4, -0.2) is 36.3 Å². The molecule has 2 saturated carbocycles. The standard InChI is InChI=1S/C27H23ClN2O5S2/c1-34-16-8-3-11(9-17(16)35-2)18-19-14-10-15(22(19)36-24-23(18)37-27(33)29-24)21-20(14)25(31)30(26(21)32)13-6-4-12(28)5-7-13/h3-9,14-15,18-22H,10H2,1-2H3,(H,29,33)/t14-,15-,18+,19-,20+,21+,22-/m1/s1. The van der Waals surface area contributed by atoms with E-state index in [9.17, 15) is 14.4 Å². The summed E-state index contributed by atoms with van der Waals surface area (Å²) in [4.78, 5) is 45.3. The second-order valence-corrected chi connectivity index (χ2v) is 12.7. The van der Waals surface area contributed by atoms with Crippen molar-refractivity contribution in [3.05, 3.63) is 67.6 Å². The quantitative estimate of drug-likeness (QED) is 0.467. The van der Waals surface area contributed by atoms with Gasteiger partial charge in [-0.15, -0.1) is 11.8 Å². The van der Waals surface area contributed by atoms with Crippen molar-refractivity contribution in [2.75, 3.05) is 19.1 Å². The van der Waals surface area contributed by atoms with Crippen LogP contribution in [0, 0.1) is 29.6 Å². The molecule has 2 amide bonds. The molecule has 7 nitrogen and oxygen atoms in total. The first kappa shape index (κ1) is 23.4. The van der Waals surface area contributed by atoms with E-state index in [1.54, 1.807) is 50.2 Å². The number of benzene rings is 2. The SMILES string of the molecule is COc1ccc([C@@H]2c3sc(=O)[nH]c3S[C@@H]3[C@@H]4C[C@@H]([C@@H]5C(=O)N(c6ccc(Cl)cc6)C(=O)[C@@H]45)[C@H]23)cc1OC. The molecule has 37 heavy (non-hydrogen) atoms. The average molecular weight is 555 g/mol. The Labute approximate surface area is 226 Å². The van der Waals surface area contributed by atoms with Crippen molar-refractivity contribution in [1.82, 2.24) is 4.98 Å². The summed E-state index contributed by atoms with van der Waals surface area (Å²) < 4.78 is 11.0. The van der Waals surface area contributed by atoms with E-state index in [1.807, 2.05) is 18.2 Å². The van der Waals surface area contributed by atoms with E-state index >= 15 is 0 Å². The number of nitrogens with one attached hydrogen (secondary N) is 1. The molecule has 4 aliphatic rings. The summed E-state index contributed by atoms with van der Waals surface area (Å²) in [6.45, 7) is 0. The van der Waals surface area contributed by atoms with Gasteiger partial charge in [-0.1, -0.05) is 29.0 Å². The van der Waals surface area contributed by atoms with Crippen molar-refractivity contribution in [3.63, 3.8) is 0 Å². The van der Waals surface area contributed by atoms with E-state index in [1.165, 1.54) is 16.2 Å². The second kappa shape index (κ2) is 8.38. The molecule has 7 rings (SSSR count). The molecule has 2 aliphatic heterocycles. The van der Waals surface area contributed by atoms with Gasteiger partial charge in [-0.25, -0.2) is 0 Å². The number of halogens is 1. The van der Waals surface area contributed by atoms with Gasteiger partial charge in [0.25, 0.3) is 0 Å². The smallest absolute Gasteiger partial charge is 0.305 e. The van der Waals surface area contributed by atoms with Crippen LogP contribution in [0.3, 0.4) is 0 Å². The topological polar surface area (TPSA) is 88.7 Å². The largest absolute Gasteiger partial charge is 0.493 e. The number of imide groups is 1. The number of hydrogen-bond acceptors (Lipinski definition) is 7. The average Bonchev–Trinajstić information content (AvgIpc) is 3.63. The van der Waals surface area contributed by atoms with Crippen molar-refractivity contribution in [3.8, 4) is 11.5 Å². The number of nitrogens with zero attached hydrogens (tertiary/aromatic N) is 1. The van der Waals surface area contributed by atoms with Crippen molar-refractivity contribution in [2.24, 2.45) is 29.6 Å². The molecule has 1 N–H and O–H groups in total. The van der Waals surface area contributed by atoms with Crippen molar-refractivity contribution in [1.29, 1.82) is 0 Å². The number of fused-ring (bicyclic) bond motifs is 9. The van der Waals surface area contributed by atoms with Crippen LogP contribution < -0.4 is 19.2 Å². The number of ether oxygens (including phenoxy) is 2. The molecule has 2 bridgehead atoms. The number of methoxy groups -OCH3 is 2. The number of hydrogen-bond donors (Lipinski definition) is 1. The van der Waals surface area contributed by atoms with E-state index < -0.39 is 0 Å². The van der Waals surface area contributed by atoms with Crippen LogP contribution in [0.4, 0.5) is 5.69 Å². The lowest BCUT2D eigenvalue weighted by Crippen LogP contribution is -2.42. The van der Waals surface area contributed by atoms with E-state index in [4.69, 9.17) is 21.1 Å². The Morgan fingerprint density at radius 2 is 1.65 bits per heavy atom. The second-order valence-electron chi connectivity index (χ2n) is 10.1. The number of rotatable bonds is 4. The molecule has 0 radical (unpaired) electrons. The van der Waals surface area contributed by atoms with Gasteiger partial charge in [0, 0.05) is 21.1 Å². The van der Waals surface area contributed by atoms with Crippen LogP contribution in [0.5, 0.6) is 11.5 Å². The van der Waals surface area contributed by atoms with E-state index in [0.29, 0.717) is 22.2 Å². The minimum absolute atomic E-state index is 0.0460. The monoisotopic (exact) mass is 554 g/mol. The van der Waals surface area contributed by atoms with Crippen LogP contribution in [0.15, 0.2) is 52.3 Å². The normalized spacial score (nSPS) is 31.3. The van der Waals surface area contributed by atoms with E-state index in [2.05, 4.69) is 4.98 Å². The van der Waals surface area contributed by atoms with Crippen LogP contribution in [-0.2, 0) is 9.59 Å². The highest BCUT2D eigenvalue weighted by molar-refractivity contribution is 8.00. The maximum absolute atomic E-state index is 13.8. The van der Waals surface area contributed by atoms with Crippen molar-refractivity contribution in [2.45, 2.75) is 22.6 Å². The zero-order chi connectivity index (χ0) is 25.6. The van der Waals surface area contributed by atoms with Crippen molar-refractivity contribution >= 4 is 52.2 Å². The Bertz CT molecular complexity index is 1500. The highest BCUT2D eigenvalue weighted by Gasteiger charge is 2.69. The third-order valence-corrected chi connectivity index (χ3v) is 11.4. The lowest BCUT2D eigenvalue weighted by molar-refractivity contribution is -0.123. The van der Waals surface area contributed by atoms with Gasteiger partial charge in [-0.2, -0.15) is 0 Å². The highest BCUT2D eigenvalue weighted by atomic mass is 35.5. The fraction of sp³-hybridized carbons (Fsp3) is 0.370. The van der Waals surface area contributed by atoms with Crippen LogP contribution in [0.25, 0.3) is 0 Å². The number of anilines is 1. The summed E-state index contributed by atoms with van der Waals surface area (Å²) in [7, 11) is 3.21. The zero-order valence-corrected chi connectivity index (χ0v) is 22.4. The molecule has 3 fully saturated rings. The third-order valence-electron chi connectivity index (χ3n) is 8.58. The molecule has 3 aromatic rings. The molecule has 7 atom stereocenters. The number of thioether (sulfide) groups is 1. The Hall–Kier alpha value is -2.75. The van der Waals surface area contributed by atoms with Gasteiger partial charge in [-0.3, -0.25) is 19.3 Å². The number of H-pyrrole nitrogens is 1. The molecular weight excluding hydrogens is 532 g/mol. The maximum Gasteiger partial charge on any atom is 0.305 e. The Morgan fingerprint density at radius 3 is 2.35 bits per heavy atom. The lowest BCUT2D eigenvalue weighted by Gasteiger charge is -2.43. The van der Waals surface area contributed by atoms with Crippen LogP contribution >= 0.6 is 34.7 Å². The fourth-order valence-corrected chi connectivity index (χ4v) is 10.3. The van der Waals surface area contributed by atoms with Gasteiger partial charge in [0.2, 0.25) is 11.8 Å². The molecule has 190 valence electrons. The molecule has 1 saturated heterocycles. The molecule has 2 aromatic carbocycles. The molecular formula is C27H23ClN2O5S2. The minimum atomic E-state index is -0.352. The first-order chi connectivity index (χ1) is 17.9. The summed E-state index contributed by atoms with van der Waals surface area (Å²) in [5, 5.41) is 1.57. The van der Waals surface area contributed by atoms with E-state index in [-0.39, 0.29) is 57.4 Å². The predicted octanol–water partition coefficient (Wildman–Crippen LogP) is 4.78. The molecule has 0 unspecified atom stereocenters. The van der Waals surface area contributed by atoms with Gasteiger partial charge < -0.3 is 14.5 Å². The Balaban J connectivity index is 1.32. The number of carbonyl (C=O) groups excluding carboxylic acids is 2. The van der Waals surface area contributed by atoms with Crippen LogP contribution in [0.1, 0.15) is 22.8 Å². The van der Waals surface area contributed by atoms with E-state index in [0.717, 1.165) is 21.9 Å². The molecule has 3 heterocycles. The number of thiazole rings is 1. The minimum Gasteiger partial charge on any atom is -0.493 e. The lowest BCUT2D eigenvalue weighted by atomic mass is 9.68. The molecule has 10 heteroatoms. The van der Waals surface area contributed by atoms with Crippen molar-refractivity contribution < 1.29 is 19.1 Å². The number of aromatic nitrogens is 1. The Kier molecular flexibility index (Phi) is 5.29. The first-order valence-electron chi connectivity index (χ1n) is 12.2. The predicted molar refractivity (Wildman–Crippen MR) is 142 cm³/mol. The van der Waals surface area contributed by atoms with Crippen LogP contribution in [0.2, 0.25) is 5.02 Å². The van der Waals surface area contributed by atoms with Gasteiger partial charge in [0.05, 0.1) is 36.8 Å².